The molecule has 182 valence electrons. The number of aromatic nitrogens is 5. The van der Waals surface area contributed by atoms with Crippen molar-refractivity contribution in [1.29, 1.82) is 0 Å². The molecule has 1 aromatic carbocycles. The monoisotopic (exact) mass is 507 g/mol. The smallest absolute Gasteiger partial charge is 0.167 e. The van der Waals surface area contributed by atoms with Crippen LogP contribution in [0.2, 0.25) is 5.02 Å². The van der Waals surface area contributed by atoms with Crippen LogP contribution in [-0.4, -0.2) is 59.2 Å². The van der Waals surface area contributed by atoms with E-state index in [1.54, 1.807) is 36.6 Å². The zero-order valence-corrected chi connectivity index (χ0v) is 20.9. The maximum absolute atomic E-state index is 13.5. The van der Waals surface area contributed by atoms with E-state index in [-0.39, 0.29) is 17.7 Å². The van der Waals surface area contributed by atoms with E-state index in [9.17, 15) is 8.42 Å². The molecule has 3 heterocycles. The standard InChI is InChI=1S/C22H26ClN5O5S/c1-13(21-24-10-15(23)11-25-21)14(2)34(29,30)12-19-26-27-22(18-8-9-33-18)28(19)20-16(31-3)6-5-7-17(20)32-4/h5-7,10-11,13-14,18H,8-9,12H2,1-4H3/t13-,14-,18+/m0/s1. The number of benzene rings is 1. The van der Waals surface area contributed by atoms with Crippen molar-refractivity contribution in [3.05, 3.63) is 53.1 Å². The summed E-state index contributed by atoms with van der Waals surface area (Å²) < 4.78 is 45.4. The molecule has 0 spiro atoms. The van der Waals surface area contributed by atoms with Crippen LogP contribution in [0.4, 0.5) is 0 Å². The van der Waals surface area contributed by atoms with Crippen LogP contribution in [0.3, 0.4) is 0 Å². The molecule has 3 atom stereocenters. The Morgan fingerprint density at radius 3 is 2.29 bits per heavy atom. The van der Waals surface area contributed by atoms with Crippen LogP contribution in [0.15, 0.2) is 30.6 Å². The summed E-state index contributed by atoms with van der Waals surface area (Å²) in [5.41, 5.74) is 0.523. The first kappa shape index (κ1) is 24.4. The van der Waals surface area contributed by atoms with Crippen LogP contribution in [0.1, 0.15) is 49.8 Å². The summed E-state index contributed by atoms with van der Waals surface area (Å²) in [6.07, 6.45) is 3.37. The van der Waals surface area contributed by atoms with Crippen molar-refractivity contribution in [2.24, 2.45) is 0 Å². The topological polar surface area (TPSA) is 118 Å². The number of hydrogen-bond acceptors (Lipinski definition) is 9. The zero-order valence-electron chi connectivity index (χ0n) is 19.3. The molecule has 0 saturated carbocycles. The van der Waals surface area contributed by atoms with E-state index in [0.717, 1.165) is 6.42 Å². The van der Waals surface area contributed by atoms with Gasteiger partial charge >= 0.3 is 0 Å². The van der Waals surface area contributed by atoms with Crippen molar-refractivity contribution < 1.29 is 22.6 Å². The first-order valence-corrected chi connectivity index (χ1v) is 12.8. The van der Waals surface area contributed by atoms with Gasteiger partial charge in [-0.3, -0.25) is 4.57 Å². The number of para-hydroxylation sites is 1. The van der Waals surface area contributed by atoms with Crippen LogP contribution in [-0.2, 0) is 20.3 Å². The Hall–Kier alpha value is -2.76. The third kappa shape index (κ3) is 4.59. The van der Waals surface area contributed by atoms with Crippen molar-refractivity contribution in [2.45, 2.75) is 43.3 Å². The van der Waals surface area contributed by atoms with Crippen LogP contribution in [0.25, 0.3) is 5.69 Å². The fourth-order valence-electron chi connectivity index (χ4n) is 3.76. The Balaban J connectivity index is 1.74. The van der Waals surface area contributed by atoms with E-state index in [2.05, 4.69) is 20.2 Å². The molecule has 4 rings (SSSR count). The molecular weight excluding hydrogens is 482 g/mol. The molecule has 3 aromatic rings. The number of nitrogens with zero attached hydrogens (tertiary/aromatic N) is 5. The van der Waals surface area contributed by atoms with Crippen molar-refractivity contribution in [1.82, 2.24) is 24.7 Å². The van der Waals surface area contributed by atoms with Gasteiger partial charge in [-0.2, -0.15) is 0 Å². The third-order valence-electron chi connectivity index (χ3n) is 6.02. The minimum atomic E-state index is -3.70. The molecule has 0 unspecified atom stereocenters. The number of halogens is 1. The Morgan fingerprint density at radius 2 is 1.76 bits per heavy atom. The number of ether oxygens (including phenoxy) is 3. The van der Waals surface area contributed by atoms with Gasteiger partial charge in [-0.15, -0.1) is 10.2 Å². The van der Waals surface area contributed by atoms with Crippen LogP contribution >= 0.6 is 11.6 Å². The maximum atomic E-state index is 13.5. The van der Waals surface area contributed by atoms with Crippen LogP contribution in [0.5, 0.6) is 11.5 Å². The molecule has 0 N–H and O–H groups in total. The normalized spacial score (nSPS) is 17.6. The Morgan fingerprint density at radius 1 is 1.15 bits per heavy atom. The van der Waals surface area contributed by atoms with E-state index in [0.29, 0.717) is 40.5 Å². The molecule has 34 heavy (non-hydrogen) atoms. The quantitative estimate of drug-likeness (QED) is 0.429. The second kappa shape index (κ2) is 9.85. The van der Waals surface area contributed by atoms with E-state index < -0.39 is 21.0 Å². The number of hydrogen-bond donors (Lipinski definition) is 0. The highest BCUT2D eigenvalue weighted by Crippen LogP contribution is 2.38. The second-order valence-corrected chi connectivity index (χ2v) is 10.8. The second-order valence-electron chi connectivity index (χ2n) is 8.03. The lowest BCUT2D eigenvalue weighted by atomic mass is 10.1. The van der Waals surface area contributed by atoms with Gasteiger partial charge in [-0.25, -0.2) is 18.4 Å². The molecule has 12 heteroatoms. The minimum Gasteiger partial charge on any atom is -0.494 e. The summed E-state index contributed by atoms with van der Waals surface area (Å²) in [6, 6.07) is 5.32. The van der Waals surface area contributed by atoms with Crippen LogP contribution < -0.4 is 9.47 Å². The highest BCUT2D eigenvalue weighted by molar-refractivity contribution is 7.91. The van der Waals surface area contributed by atoms with Gasteiger partial charge in [-0.1, -0.05) is 24.6 Å². The van der Waals surface area contributed by atoms with Gasteiger partial charge in [-0.05, 0) is 19.1 Å². The van der Waals surface area contributed by atoms with Gasteiger partial charge in [0.05, 0.1) is 31.1 Å². The summed E-state index contributed by atoms with van der Waals surface area (Å²) in [5.74, 6) is 1.31. The predicted octanol–water partition coefficient (Wildman–Crippen LogP) is 3.30. The predicted molar refractivity (Wildman–Crippen MR) is 125 cm³/mol. The van der Waals surface area contributed by atoms with Crippen LogP contribution in [0, 0.1) is 0 Å². The van der Waals surface area contributed by atoms with Crippen molar-refractivity contribution >= 4 is 21.4 Å². The molecule has 0 bridgehead atoms. The number of sulfone groups is 1. The molecule has 0 aliphatic carbocycles. The average Bonchev–Trinajstić information content (AvgIpc) is 3.18. The van der Waals surface area contributed by atoms with Gasteiger partial charge in [0.1, 0.15) is 34.9 Å². The van der Waals surface area contributed by atoms with E-state index >= 15 is 0 Å². The van der Waals surface area contributed by atoms with Gasteiger partial charge in [0.25, 0.3) is 0 Å². The van der Waals surface area contributed by atoms with E-state index in [1.807, 2.05) is 0 Å². The zero-order chi connectivity index (χ0) is 24.5. The van der Waals surface area contributed by atoms with Crippen molar-refractivity contribution in [2.75, 3.05) is 20.8 Å². The highest BCUT2D eigenvalue weighted by Gasteiger charge is 2.35. The molecule has 1 fully saturated rings. The molecule has 1 aliphatic heterocycles. The van der Waals surface area contributed by atoms with Gasteiger partial charge in [0.2, 0.25) is 0 Å². The van der Waals surface area contributed by atoms with Crippen molar-refractivity contribution in [3.8, 4) is 17.2 Å². The lowest BCUT2D eigenvalue weighted by Gasteiger charge is -2.27. The number of methoxy groups -OCH3 is 2. The average molecular weight is 508 g/mol. The Bertz CT molecular complexity index is 1240. The third-order valence-corrected chi connectivity index (χ3v) is 8.41. The number of rotatable bonds is 9. The molecular formula is C22H26ClN5O5S. The lowest BCUT2D eigenvalue weighted by Crippen LogP contribution is -2.28. The lowest BCUT2D eigenvalue weighted by molar-refractivity contribution is -0.0590. The molecule has 2 aromatic heterocycles. The molecule has 10 nitrogen and oxygen atoms in total. The van der Waals surface area contributed by atoms with Crippen molar-refractivity contribution in [3.63, 3.8) is 0 Å². The Labute approximate surface area is 203 Å². The largest absolute Gasteiger partial charge is 0.494 e. The summed E-state index contributed by atoms with van der Waals surface area (Å²) in [5, 5.41) is 8.14. The fraction of sp³-hybridized carbons (Fsp3) is 0.455. The molecule has 1 saturated heterocycles. The molecule has 1 aliphatic rings. The molecule has 0 radical (unpaired) electrons. The summed E-state index contributed by atoms with van der Waals surface area (Å²) in [6.45, 7) is 4.01. The van der Waals surface area contributed by atoms with Gasteiger partial charge in [0, 0.05) is 24.7 Å². The molecule has 0 amide bonds. The minimum absolute atomic E-state index is 0.240. The SMILES string of the molecule is COc1cccc(OC)c1-n1c(CS(=O)(=O)[C@@H](C)[C@H](C)c2ncc(Cl)cn2)nnc1[C@H]1CCO1. The van der Waals surface area contributed by atoms with Gasteiger partial charge in [0.15, 0.2) is 21.5 Å². The first-order valence-electron chi connectivity index (χ1n) is 10.7. The van der Waals surface area contributed by atoms with Gasteiger partial charge < -0.3 is 14.2 Å². The highest BCUT2D eigenvalue weighted by atomic mass is 35.5. The Kier molecular flexibility index (Phi) is 7.06. The summed E-state index contributed by atoms with van der Waals surface area (Å²) >= 11 is 5.87. The fourth-order valence-corrected chi connectivity index (χ4v) is 5.41. The summed E-state index contributed by atoms with van der Waals surface area (Å²) in [4.78, 5) is 8.37. The first-order chi connectivity index (χ1) is 16.3. The summed E-state index contributed by atoms with van der Waals surface area (Å²) in [7, 11) is -0.628. The van der Waals surface area contributed by atoms with E-state index in [4.69, 9.17) is 25.8 Å². The maximum Gasteiger partial charge on any atom is 0.167 e. The van der Waals surface area contributed by atoms with E-state index in [1.165, 1.54) is 26.6 Å².